The summed E-state index contributed by atoms with van der Waals surface area (Å²) in [7, 11) is 1.50. The van der Waals surface area contributed by atoms with Crippen molar-refractivity contribution in [3.05, 3.63) is 53.1 Å². The molecule has 2 bridgehead atoms. The van der Waals surface area contributed by atoms with Gasteiger partial charge in [0, 0.05) is 17.8 Å². The van der Waals surface area contributed by atoms with Crippen LogP contribution in [0.4, 0.5) is 8.78 Å². The highest BCUT2D eigenvalue weighted by Gasteiger charge is 2.61. The Morgan fingerprint density at radius 2 is 2.03 bits per heavy atom. The molecule has 7 nitrogen and oxygen atoms in total. The van der Waals surface area contributed by atoms with Crippen LogP contribution >= 0.6 is 0 Å². The van der Waals surface area contributed by atoms with Crippen molar-refractivity contribution in [1.29, 1.82) is 0 Å². The number of para-hydroxylation sites is 1. The second-order valence-electron chi connectivity index (χ2n) is 9.25. The third kappa shape index (κ3) is 2.70. The first-order valence-corrected chi connectivity index (χ1v) is 10.5. The zero-order chi connectivity index (χ0) is 22.3. The van der Waals surface area contributed by atoms with Gasteiger partial charge in [-0.2, -0.15) is 8.78 Å². The maximum absolute atomic E-state index is 14.0. The number of Topliss-reactive ketones (excluding diaryl/α,β-unsaturated/α-hetero) is 1. The number of ether oxygens (including phenoxy) is 3. The molecule has 9 heteroatoms. The van der Waals surface area contributed by atoms with E-state index < -0.39 is 12.5 Å². The number of aromatic nitrogens is 3. The maximum Gasteiger partial charge on any atom is 0.310 e. The number of hydrogen-bond acceptors (Lipinski definition) is 6. The van der Waals surface area contributed by atoms with Crippen LogP contribution in [0.1, 0.15) is 47.1 Å². The predicted molar refractivity (Wildman–Crippen MR) is 109 cm³/mol. The van der Waals surface area contributed by atoms with Gasteiger partial charge in [0.15, 0.2) is 12.4 Å². The number of carbonyl (C=O) groups excluding carboxylic acids is 1. The summed E-state index contributed by atoms with van der Waals surface area (Å²) >= 11 is 0. The lowest BCUT2D eigenvalue weighted by molar-refractivity contribution is -0.0214. The zero-order valence-electron chi connectivity index (χ0n) is 17.7. The Bertz CT molecular complexity index is 1280. The molecule has 166 valence electrons. The summed E-state index contributed by atoms with van der Waals surface area (Å²) in [5.74, 6) is -3.19. The Kier molecular flexibility index (Phi) is 3.83. The van der Waals surface area contributed by atoms with Gasteiger partial charge in [-0.15, -0.1) is 0 Å². The fraction of sp³-hybridized carbons (Fsp3) is 0.435. The van der Waals surface area contributed by atoms with Crippen molar-refractivity contribution >= 4 is 11.4 Å². The van der Waals surface area contributed by atoms with E-state index in [4.69, 9.17) is 19.2 Å². The first kappa shape index (κ1) is 19.6. The normalized spacial score (nSPS) is 27.1. The highest BCUT2D eigenvalue weighted by molar-refractivity contribution is 6.00. The van der Waals surface area contributed by atoms with Crippen molar-refractivity contribution in [2.45, 2.75) is 43.1 Å². The molecule has 1 saturated carbocycles. The number of rotatable bonds is 5. The number of halogens is 2. The van der Waals surface area contributed by atoms with Gasteiger partial charge in [-0.1, -0.05) is 6.07 Å². The fourth-order valence-corrected chi connectivity index (χ4v) is 5.35. The first-order valence-electron chi connectivity index (χ1n) is 10.5. The van der Waals surface area contributed by atoms with Crippen molar-refractivity contribution in [3.8, 4) is 11.6 Å². The van der Waals surface area contributed by atoms with Crippen LogP contribution in [0, 0.1) is 0 Å². The minimum Gasteiger partial charge on any atom is -0.486 e. The van der Waals surface area contributed by atoms with Crippen molar-refractivity contribution in [2.24, 2.45) is 0 Å². The second kappa shape index (κ2) is 6.25. The average Bonchev–Trinajstić information content (AvgIpc) is 3.47. The molecule has 1 aliphatic carbocycles. The summed E-state index contributed by atoms with van der Waals surface area (Å²) in [6.45, 7) is 1.99. The number of hydrogen-bond donors (Lipinski definition) is 0. The lowest BCUT2D eigenvalue weighted by Gasteiger charge is -2.41. The van der Waals surface area contributed by atoms with Gasteiger partial charge < -0.3 is 18.6 Å². The number of ketones is 1. The molecule has 2 aromatic heterocycles. The average molecular weight is 441 g/mol. The lowest BCUT2D eigenvalue weighted by atomic mass is 9.62. The number of fused-ring (bicyclic) bond motifs is 3. The quantitative estimate of drug-likeness (QED) is 0.565. The largest absolute Gasteiger partial charge is 0.486 e. The van der Waals surface area contributed by atoms with Gasteiger partial charge in [0.25, 0.3) is 5.88 Å². The van der Waals surface area contributed by atoms with E-state index in [1.807, 2.05) is 10.6 Å². The number of carbonyl (C=O) groups is 1. The molecule has 0 amide bonds. The first-order chi connectivity index (χ1) is 15.2. The van der Waals surface area contributed by atoms with Gasteiger partial charge in [0.2, 0.25) is 5.65 Å². The van der Waals surface area contributed by atoms with E-state index in [9.17, 15) is 13.6 Å². The number of methoxy groups -OCH3 is 1. The molecule has 3 aromatic rings. The highest BCUT2D eigenvalue weighted by atomic mass is 19.3. The molecule has 5 heterocycles. The minimum atomic E-state index is -3.10. The van der Waals surface area contributed by atoms with Crippen LogP contribution in [0.2, 0.25) is 0 Å². The Morgan fingerprint density at radius 3 is 2.75 bits per heavy atom. The van der Waals surface area contributed by atoms with Crippen LogP contribution in [-0.2, 0) is 22.5 Å². The van der Waals surface area contributed by atoms with E-state index in [1.165, 1.54) is 25.3 Å². The van der Waals surface area contributed by atoms with E-state index in [1.54, 1.807) is 6.20 Å². The summed E-state index contributed by atoms with van der Waals surface area (Å²) in [6, 6.07) is 4.24. The van der Waals surface area contributed by atoms with Crippen LogP contribution < -0.4 is 9.47 Å². The molecule has 0 N–H and O–H groups in total. The molecule has 3 aliphatic heterocycles. The Morgan fingerprint density at radius 1 is 1.22 bits per heavy atom. The van der Waals surface area contributed by atoms with Crippen LogP contribution in [0.3, 0.4) is 0 Å². The third-order valence-corrected chi connectivity index (χ3v) is 6.76. The molecule has 1 aromatic carbocycles. The smallest absolute Gasteiger partial charge is 0.310 e. The van der Waals surface area contributed by atoms with E-state index >= 15 is 0 Å². The van der Waals surface area contributed by atoms with Crippen LogP contribution in [0.5, 0.6) is 11.6 Å². The molecule has 0 radical (unpaired) electrons. The number of imidazole rings is 1. The SMILES string of the molecule is COc1nc(CC(=O)c2cccc3c2OCC3(F)F)cn2cc(C34COC(C)(C3)C4)nc12. The van der Waals surface area contributed by atoms with Crippen molar-refractivity contribution in [2.75, 3.05) is 20.3 Å². The van der Waals surface area contributed by atoms with E-state index in [0.29, 0.717) is 23.8 Å². The number of alkyl halides is 2. The summed E-state index contributed by atoms with van der Waals surface area (Å²) in [6.07, 6.45) is 5.43. The van der Waals surface area contributed by atoms with E-state index in [0.717, 1.165) is 18.5 Å². The monoisotopic (exact) mass is 441 g/mol. The van der Waals surface area contributed by atoms with Gasteiger partial charge in [0.1, 0.15) is 5.75 Å². The molecule has 0 unspecified atom stereocenters. The summed E-state index contributed by atoms with van der Waals surface area (Å²) in [4.78, 5) is 22.2. The molecule has 32 heavy (non-hydrogen) atoms. The van der Waals surface area contributed by atoms with Gasteiger partial charge in [0.05, 0.1) is 48.3 Å². The summed E-state index contributed by atoms with van der Waals surface area (Å²) in [5, 5.41) is 0. The highest BCUT2D eigenvalue weighted by Crippen LogP contribution is 2.58. The van der Waals surface area contributed by atoms with Crippen molar-refractivity contribution in [3.63, 3.8) is 0 Å². The zero-order valence-corrected chi connectivity index (χ0v) is 17.7. The summed E-state index contributed by atoms with van der Waals surface area (Å²) in [5.41, 5.74) is 1.66. The molecule has 2 saturated heterocycles. The topological polar surface area (TPSA) is 75.0 Å². The van der Waals surface area contributed by atoms with Crippen molar-refractivity contribution in [1.82, 2.24) is 14.4 Å². The molecular formula is C23H21F2N3O4. The molecule has 3 fully saturated rings. The van der Waals surface area contributed by atoms with Crippen LogP contribution in [-0.4, -0.2) is 46.1 Å². The summed E-state index contributed by atoms with van der Waals surface area (Å²) < 4.78 is 46.3. The number of nitrogens with zero attached hydrogens (tertiary/aromatic N) is 3. The third-order valence-electron chi connectivity index (χ3n) is 6.76. The standard InChI is InChI=1S/C23H21F2N3O4/c1-21-9-22(10-21,11-32-21)17-8-28-7-13(26-20(30-2)19(28)27-17)6-16(29)14-4-3-5-15-18(14)31-12-23(15,24)25/h3-5,7-8H,6,9-12H2,1-2H3. The fourth-order valence-electron chi connectivity index (χ4n) is 5.35. The second-order valence-corrected chi connectivity index (χ2v) is 9.25. The van der Waals surface area contributed by atoms with E-state index in [2.05, 4.69) is 11.9 Å². The Hall–Kier alpha value is -3.07. The number of benzene rings is 1. The van der Waals surface area contributed by atoms with Gasteiger partial charge >= 0.3 is 5.92 Å². The Balaban J connectivity index is 1.33. The Labute approximate surface area is 182 Å². The molecule has 7 rings (SSSR count). The van der Waals surface area contributed by atoms with Crippen LogP contribution in [0.15, 0.2) is 30.6 Å². The van der Waals surface area contributed by atoms with Gasteiger partial charge in [-0.05, 0) is 31.9 Å². The molecular weight excluding hydrogens is 420 g/mol. The van der Waals surface area contributed by atoms with E-state index in [-0.39, 0.29) is 40.1 Å². The minimum absolute atomic E-state index is 0.0474. The van der Waals surface area contributed by atoms with Crippen LogP contribution in [0.25, 0.3) is 5.65 Å². The molecule has 0 atom stereocenters. The maximum atomic E-state index is 14.0. The van der Waals surface area contributed by atoms with Gasteiger partial charge in [-0.25, -0.2) is 9.97 Å². The predicted octanol–water partition coefficient (Wildman–Crippen LogP) is 3.47. The van der Waals surface area contributed by atoms with Crippen molar-refractivity contribution < 1.29 is 27.8 Å². The molecule has 0 spiro atoms. The molecule has 4 aliphatic rings. The van der Waals surface area contributed by atoms with Gasteiger partial charge in [-0.3, -0.25) is 4.79 Å². The lowest BCUT2D eigenvalue weighted by Crippen LogP contribution is -2.45.